The number of nitrogens with zero attached hydrogens (tertiary/aromatic N) is 5. The minimum absolute atomic E-state index is 0.268. The number of aromatic nitrogens is 5. The second-order valence-corrected chi connectivity index (χ2v) is 7.92. The van der Waals surface area contributed by atoms with Gasteiger partial charge in [0.05, 0.1) is 11.3 Å². The highest BCUT2D eigenvalue weighted by atomic mass is 32.1. The van der Waals surface area contributed by atoms with Gasteiger partial charge in [0.15, 0.2) is 5.82 Å². The molecule has 0 radical (unpaired) electrons. The monoisotopic (exact) mass is 404 g/mol. The molecule has 0 spiro atoms. The fraction of sp³-hybridized carbons (Fsp3) is 0.190. The van der Waals surface area contributed by atoms with Crippen LogP contribution in [0.1, 0.15) is 37.9 Å². The van der Waals surface area contributed by atoms with E-state index in [1.807, 2.05) is 19.9 Å². The predicted octanol–water partition coefficient (Wildman–Crippen LogP) is 3.89. The van der Waals surface area contributed by atoms with E-state index in [1.165, 1.54) is 23.1 Å². The largest absolute Gasteiger partial charge is 0.296 e. The van der Waals surface area contributed by atoms with Gasteiger partial charge in [-0.2, -0.15) is 5.10 Å². The summed E-state index contributed by atoms with van der Waals surface area (Å²) in [5.74, 6) is 0.402. The summed E-state index contributed by atoms with van der Waals surface area (Å²) in [6.07, 6.45) is 2.22. The van der Waals surface area contributed by atoms with Crippen LogP contribution in [0.3, 0.4) is 0 Å². The zero-order valence-electron chi connectivity index (χ0n) is 16.4. The van der Waals surface area contributed by atoms with Gasteiger partial charge in [-0.25, -0.2) is 9.67 Å². The number of pyridine rings is 1. The first-order chi connectivity index (χ1) is 14.0. The molecule has 1 aromatic carbocycles. The van der Waals surface area contributed by atoms with Crippen molar-refractivity contribution in [1.82, 2.24) is 25.0 Å². The molecule has 4 rings (SSSR count). The van der Waals surface area contributed by atoms with Crippen LogP contribution in [0.15, 0.2) is 48.7 Å². The lowest BCUT2D eigenvalue weighted by Crippen LogP contribution is -2.12. The summed E-state index contributed by atoms with van der Waals surface area (Å²) in [5.41, 5.74) is 4.74. The smallest absolute Gasteiger partial charge is 0.259 e. The van der Waals surface area contributed by atoms with Crippen molar-refractivity contribution < 1.29 is 4.79 Å². The zero-order valence-corrected chi connectivity index (χ0v) is 17.2. The highest BCUT2D eigenvalue weighted by Crippen LogP contribution is 2.20. The Morgan fingerprint density at radius 2 is 1.86 bits per heavy atom. The van der Waals surface area contributed by atoms with Crippen LogP contribution in [-0.4, -0.2) is 30.9 Å². The van der Waals surface area contributed by atoms with Crippen molar-refractivity contribution in [3.05, 3.63) is 81.7 Å². The number of carbonyl (C=O) groups is 1. The highest BCUT2D eigenvalue weighted by molar-refractivity contribution is 7.15. The number of hydrogen-bond acceptors (Lipinski definition) is 6. The Hall–Kier alpha value is -3.39. The molecular weight excluding hydrogens is 384 g/mol. The van der Waals surface area contributed by atoms with Crippen LogP contribution in [0.2, 0.25) is 0 Å². The molecule has 4 aromatic rings. The van der Waals surface area contributed by atoms with Crippen molar-refractivity contribution in [2.75, 3.05) is 5.32 Å². The normalized spacial score (nSPS) is 10.9. The van der Waals surface area contributed by atoms with Crippen molar-refractivity contribution >= 4 is 22.4 Å². The van der Waals surface area contributed by atoms with Crippen molar-refractivity contribution in [3.8, 4) is 5.82 Å². The second-order valence-electron chi connectivity index (χ2n) is 6.86. The van der Waals surface area contributed by atoms with E-state index in [2.05, 4.69) is 56.8 Å². The molecule has 7 nitrogen and oxygen atoms in total. The Labute approximate surface area is 172 Å². The summed E-state index contributed by atoms with van der Waals surface area (Å²) in [7, 11) is 0. The average Bonchev–Trinajstić information content (AvgIpc) is 3.29. The van der Waals surface area contributed by atoms with Gasteiger partial charge in [0.25, 0.3) is 5.91 Å². The number of hydrogen-bond donors (Lipinski definition) is 1. The lowest BCUT2D eigenvalue weighted by Gasteiger charge is -2.05. The third-order valence-corrected chi connectivity index (χ3v) is 5.24. The van der Waals surface area contributed by atoms with Crippen LogP contribution in [0.5, 0.6) is 0 Å². The first-order valence-corrected chi connectivity index (χ1v) is 9.98. The molecule has 8 heteroatoms. The summed E-state index contributed by atoms with van der Waals surface area (Å²) >= 11 is 1.37. The standard InChI is InChI=1S/C21H20N6OS/c1-13-4-6-16(7-5-13)11-19-24-25-21(29-19)23-20(28)17-8-9-18(22-12-17)27-15(3)10-14(2)26-27/h4-10,12H,11H2,1-3H3,(H,23,25,28). The molecule has 1 N–H and O–H groups in total. The van der Waals surface area contributed by atoms with Crippen molar-refractivity contribution in [1.29, 1.82) is 0 Å². The summed E-state index contributed by atoms with van der Waals surface area (Å²) in [6.45, 7) is 5.95. The van der Waals surface area contributed by atoms with Gasteiger partial charge in [-0.1, -0.05) is 41.2 Å². The van der Waals surface area contributed by atoms with Crippen LogP contribution in [-0.2, 0) is 6.42 Å². The maximum Gasteiger partial charge on any atom is 0.259 e. The Morgan fingerprint density at radius 3 is 2.52 bits per heavy atom. The van der Waals surface area contributed by atoms with Gasteiger partial charge < -0.3 is 0 Å². The number of rotatable bonds is 5. The number of carbonyl (C=O) groups excluding carboxylic acids is 1. The zero-order chi connectivity index (χ0) is 20.4. The van der Waals surface area contributed by atoms with Crippen molar-refractivity contribution in [2.24, 2.45) is 0 Å². The van der Waals surface area contributed by atoms with Crippen LogP contribution < -0.4 is 5.32 Å². The molecule has 0 atom stereocenters. The van der Waals surface area contributed by atoms with Gasteiger partial charge in [0, 0.05) is 18.3 Å². The van der Waals surface area contributed by atoms with Gasteiger partial charge in [-0.3, -0.25) is 10.1 Å². The van der Waals surface area contributed by atoms with Gasteiger partial charge >= 0.3 is 0 Å². The summed E-state index contributed by atoms with van der Waals surface area (Å²) in [6, 6.07) is 13.8. The number of nitrogens with one attached hydrogen (secondary N) is 1. The van der Waals surface area contributed by atoms with E-state index in [0.29, 0.717) is 22.9 Å². The summed E-state index contributed by atoms with van der Waals surface area (Å²) in [4.78, 5) is 16.9. The van der Waals surface area contributed by atoms with E-state index < -0.39 is 0 Å². The maximum atomic E-state index is 12.5. The summed E-state index contributed by atoms with van der Waals surface area (Å²) < 4.78 is 1.75. The van der Waals surface area contributed by atoms with E-state index in [1.54, 1.807) is 16.8 Å². The van der Waals surface area contributed by atoms with Crippen molar-refractivity contribution in [3.63, 3.8) is 0 Å². The lowest BCUT2D eigenvalue weighted by molar-refractivity contribution is 0.102. The number of aryl methyl sites for hydroxylation is 3. The lowest BCUT2D eigenvalue weighted by atomic mass is 10.1. The quantitative estimate of drug-likeness (QED) is 0.545. The predicted molar refractivity (Wildman–Crippen MR) is 113 cm³/mol. The number of benzene rings is 1. The summed E-state index contributed by atoms with van der Waals surface area (Å²) in [5, 5.41) is 16.8. The van der Waals surface area contributed by atoms with Crippen LogP contribution in [0.25, 0.3) is 5.82 Å². The molecule has 29 heavy (non-hydrogen) atoms. The first kappa shape index (κ1) is 18.9. The SMILES string of the molecule is Cc1ccc(Cc2nnc(NC(=O)c3ccc(-n4nc(C)cc4C)nc3)s2)cc1. The van der Waals surface area contributed by atoms with E-state index in [9.17, 15) is 4.79 Å². The minimum atomic E-state index is -0.268. The van der Waals surface area contributed by atoms with Gasteiger partial charge in [0.1, 0.15) is 5.01 Å². The molecule has 0 saturated heterocycles. The molecule has 3 heterocycles. The second kappa shape index (κ2) is 7.92. The van der Waals surface area contributed by atoms with Crippen LogP contribution in [0.4, 0.5) is 5.13 Å². The molecule has 0 aliphatic carbocycles. The molecule has 3 aromatic heterocycles. The average molecular weight is 404 g/mol. The van der Waals surface area contributed by atoms with Crippen LogP contribution in [0, 0.1) is 20.8 Å². The van der Waals surface area contributed by atoms with E-state index in [0.717, 1.165) is 22.0 Å². The molecule has 1 amide bonds. The van der Waals surface area contributed by atoms with Crippen molar-refractivity contribution in [2.45, 2.75) is 27.2 Å². The molecule has 0 unspecified atom stereocenters. The Bertz CT molecular complexity index is 1140. The Morgan fingerprint density at radius 1 is 1.07 bits per heavy atom. The van der Waals surface area contributed by atoms with Gasteiger partial charge in [-0.05, 0) is 44.5 Å². The molecule has 0 fully saturated rings. The number of amides is 1. The Kier molecular flexibility index (Phi) is 5.18. The molecule has 0 aliphatic heterocycles. The molecule has 0 bridgehead atoms. The van der Waals surface area contributed by atoms with E-state index >= 15 is 0 Å². The van der Waals surface area contributed by atoms with E-state index in [-0.39, 0.29) is 5.91 Å². The van der Waals surface area contributed by atoms with Crippen LogP contribution >= 0.6 is 11.3 Å². The van der Waals surface area contributed by atoms with E-state index in [4.69, 9.17) is 0 Å². The van der Waals surface area contributed by atoms with Gasteiger partial charge in [-0.15, -0.1) is 10.2 Å². The first-order valence-electron chi connectivity index (χ1n) is 9.17. The fourth-order valence-electron chi connectivity index (χ4n) is 2.93. The third kappa shape index (κ3) is 4.38. The topological polar surface area (TPSA) is 85.6 Å². The minimum Gasteiger partial charge on any atom is -0.296 e. The van der Waals surface area contributed by atoms with Gasteiger partial charge in [0.2, 0.25) is 5.13 Å². The number of anilines is 1. The third-order valence-electron chi connectivity index (χ3n) is 4.40. The molecule has 146 valence electrons. The molecule has 0 aliphatic rings. The molecular formula is C21H20N6OS. The molecule has 0 saturated carbocycles. The highest BCUT2D eigenvalue weighted by Gasteiger charge is 2.12. The Balaban J connectivity index is 1.42. The fourth-order valence-corrected chi connectivity index (χ4v) is 3.70. The maximum absolute atomic E-state index is 12.5.